The first kappa shape index (κ1) is 17.1. The van der Waals surface area contributed by atoms with Gasteiger partial charge in [-0.1, -0.05) is 0 Å². The molecule has 1 aliphatic rings. The number of aliphatic hydroxyl groups excluding tert-OH is 2. The van der Waals surface area contributed by atoms with Crippen molar-refractivity contribution in [2.45, 2.75) is 25.0 Å². The number of hydrogen-bond acceptors (Lipinski definition) is 7. The molecule has 2 heterocycles. The molecule has 7 nitrogen and oxygen atoms in total. The average molecular weight is 352 g/mol. The van der Waals surface area contributed by atoms with E-state index in [-0.39, 0.29) is 18.8 Å². The van der Waals surface area contributed by atoms with Crippen LogP contribution in [-0.2, 0) is 9.47 Å². The fourth-order valence-corrected chi connectivity index (χ4v) is 3.68. The predicted molar refractivity (Wildman–Crippen MR) is 90.4 cm³/mol. The van der Waals surface area contributed by atoms with Gasteiger partial charge in [0.2, 0.25) is 0 Å². The summed E-state index contributed by atoms with van der Waals surface area (Å²) in [6.45, 7) is 0.862. The van der Waals surface area contributed by atoms with Crippen molar-refractivity contribution >= 4 is 33.3 Å². The van der Waals surface area contributed by atoms with E-state index >= 15 is 0 Å². The van der Waals surface area contributed by atoms with Crippen molar-refractivity contribution in [3.05, 3.63) is 23.2 Å². The van der Waals surface area contributed by atoms with Crippen LogP contribution in [-0.4, -0.2) is 54.3 Å². The van der Waals surface area contributed by atoms with Crippen LogP contribution in [0.25, 0.3) is 10.2 Å². The summed E-state index contributed by atoms with van der Waals surface area (Å²) < 4.78 is 11.2. The van der Waals surface area contributed by atoms with Crippen LogP contribution in [0.2, 0.25) is 0 Å². The minimum absolute atomic E-state index is 0.0474. The lowest BCUT2D eigenvalue weighted by atomic mass is 10.2. The Morgan fingerprint density at radius 1 is 1.54 bits per heavy atom. The normalized spacial score (nSPS) is 19.0. The second kappa shape index (κ2) is 7.43. The number of rotatable bonds is 7. The third kappa shape index (κ3) is 3.51. The van der Waals surface area contributed by atoms with Gasteiger partial charge in [0.15, 0.2) is 0 Å². The molecule has 0 aliphatic carbocycles. The molecule has 0 spiro atoms. The molecule has 8 heteroatoms. The van der Waals surface area contributed by atoms with E-state index < -0.39 is 6.10 Å². The van der Waals surface area contributed by atoms with Gasteiger partial charge in [-0.25, -0.2) is 9.78 Å². The number of benzene rings is 1. The molecule has 2 N–H and O–H groups in total. The number of thiazole rings is 1. The summed E-state index contributed by atoms with van der Waals surface area (Å²) in [4.78, 5) is 18.0. The zero-order valence-electron chi connectivity index (χ0n) is 13.3. The molecule has 1 fully saturated rings. The molecule has 0 saturated carbocycles. The highest BCUT2D eigenvalue weighted by atomic mass is 32.1. The lowest BCUT2D eigenvalue weighted by Crippen LogP contribution is -2.25. The number of ether oxygens (including phenoxy) is 2. The summed E-state index contributed by atoms with van der Waals surface area (Å²) in [5.74, 6) is 0. The molecule has 1 aliphatic heterocycles. The number of anilines is 1. The van der Waals surface area contributed by atoms with E-state index in [2.05, 4.69) is 4.98 Å². The molecular weight excluding hydrogens is 332 g/mol. The van der Waals surface area contributed by atoms with Crippen molar-refractivity contribution in [1.82, 2.24) is 4.98 Å². The Bertz CT molecular complexity index is 720. The zero-order chi connectivity index (χ0) is 17.1. The van der Waals surface area contributed by atoms with E-state index in [0.717, 1.165) is 15.9 Å². The van der Waals surface area contributed by atoms with Crippen LogP contribution < -0.4 is 4.90 Å². The van der Waals surface area contributed by atoms with Gasteiger partial charge in [-0.3, -0.25) is 4.90 Å². The highest BCUT2D eigenvalue weighted by molar-refractivity contribution is 7.18. The highest BCUT2D eigenvalue weighted by Crippen LogP contribution is 2.32. The highest BCUT2D eigenvalue weighted by Gasteiger charge is 2.32. The number of amides is 1. The van der Waals surface area contributed by atoms with Crippen LogP contribution in [0.1, 0.15) is 24.0 Å². The van der Waals surface area contributed by atoms with Gasteiger partial charge in [-0.05, 0) is 31.0 Å². The Kier molecular flexibility index (Phi) is 5.30. The number of fused-ring (bicyclic) bond motifs is 1. The van der Waals surface area contributed by atoms with Crippen molar-refractivity contribution in [3.63, 3.8) is 0 Å². The molecule has 1 saturated heterocycles. The summed E-state index contributed by atoms with van der Waals surface area (Å²) in [6.07, 6.45) is -0.330. The number of carbonyl (C=O) groups excluding carboxylic acids is 1. The molecule has 1 amide bonds. The fraction of sp³-hybridized carbons (Fsp3) is 0.500. The average Bonchev–Trinajstić information content (AvgIpc) is 3.15. The van der Waals surface area contributed by atoms with E-state index in [1.807, 2.05) is 18.2 Å². The molecule has 3 rings (SSSR count). The monoisotopic (exact) mass is 352 g/mol. The summed E-state index contributed by atoms with van der Waals surface area (Å²) in [5, 5.41) is 19.6. The Balaban J connectivity index is 1.80. The van der Waals surface area contributed by atoms with Crippen LogP contribution in [0.5, 0.6) is 0 Å². The van der Waals surface area contributed by atoms with E-state index in [9.17, 15) is 9.90 Å². The van der Waals surface area contributed by atoms with E-state index in [4.69, 9.17) is 14.6 Å². The Labute approximate surface area is 143 Å². The van der Waals surface area contributed by atoms with Crippen LogP contribution >= 0.6 is 11.3 Å². The maximum Gasteiger partial charge on any atom is 0.414 e. The second-order valence-electron chi connectivity index (χ2n) is 5.66. The number of nitrogens with zero attached hydrogens (tertiary/aromatic N) is 2. The Morgan fingerprint density at radius 3 is 3.12 bits per heavy atom. The Morgan fingerprint density at radius 2 is 2.38 bits per heavy atom. The zero-order valence-corrected chi connectivity index (χ0v) is 14.2. The van der Waals surface area contributed by atoms with Crippen LogP contribution in [0.3, 0.4) is 0 Å². The number of aromatic nitrogens is 1. The third-order valence-electron chi connectivity index (χ3n) is 3.85. The summed E-state index contributed by atoms with van der Waals surface area (Å²) in [7, 11) is 1.57. The molecule has 130 valence electrons. The molecule has 2 atom stereocenters. The van der Waals surface area contributed by atoms with Gasteiger partial charge in [-0.2, -0.15) is 0 Å². The van der Waals surface area contributed by atoms with Crippen molar-refractivity contribution in [1.29, 1.82) is 0 Å². The third-order valence-corrected chi connectivity index (χ3v) is 4.97. The minimum atomic E-state index is -0.680. The predicted octanol–water partition coefficient (Wildman–Crippen LogP) is 2.07. The van der Waals surface area contributed by atoms with Crippen molar-refractivity contribution in [3.8, 4) is 0 Å². The smallest absolute Gasteiger partial charge is 0.414 e. The molecule has 0 radical (unpaired) electrons. The minimum Gasteiger partial charge on any atom is -0.441 e. The fourth-order valence-electron chi connectivity index (χ4n) is 2.65. The van der Waals surface area contributed by atoms with Crippen LogP contribution in [0, 0.1) is 0 Å². The number of carbonyl (C=O) groups is 1. The summed E-state index contributed by atoms with van der Waals surface area (Å²) >= 11 is 1.39. The summed E-state index contributed by atoms with van der Waals surface area (Å²) in [6, 6.07) is 5.54. The van der Waals surface area contributed by atoms with Crippen molar-refractivity contribution in [2.24, 2.45) is 0 Å². The number of methoxy groups -OCH3 is 1. The van der Waals surface area contributed by atoms with Gasteiger partial charge in [0.25, 0.3) is 0 Å². The molecule has 24 heavy (non-hydrogen) atoms. The van der Waals surface area contributed by atoms with E-state index in [0.29, 0.717) is 31.0 Å². The maximum absolute atomic E-state index is 12.0. The SMILES string of the molecule is COCC1CN(c2ccc3nc(C(O)CCCO)sc3c2)C(=O)O1. The van der Waals surface area contributed by atoms with Crippen LogP contribution in [0.4, 0.5) is 10.5 Å². The largest absolute Gasteiger partial charge is 0.441 e. The molecule has 0 bridgehead atoms. The van der Waals surface area contributed by atoms with Gasteiger partial charge >= 0.3 is 6.09 Å². The molecule has 1 aromatic carbocycles. The Hall–Kier alpha value is -1.74. The lowest BCUT2D eigenvalue weighted by Gasteiger charge is -2.12. The number of aliphatic hydroxyl groups is 2. The maximum atomic E-state index is 12.0. The molecule has 1 aromatic heterocycles. The van der Waals surface area contributed by atoms with Crippen molar-refractivity contribution in [2.75, 3.05) is 31.8 Å². The van der Waals surface area contributed by atoms with Gasteiger partial charge < -0.3 is 19.7 Å². The molecule has 2 aromatic rings. The first-order chi connectivity index (χ1) is 11.6. The van der Waals surface area contributed by atoms with E-state index in [1.54, 1.807) is 12.0 Å². The molecule has 2 unspecified atom stereocenters. The van der Waals surface area contributed by atoms with Gasteiger partial charge in [0, 0.05) is 19.4 Å². The standard InChI is InChI=1S/C16H20N2O5S/c1-22-9-11-8-18(16(21)23-11)10-4-5-12-14(7-10)24-15(17-12)13(20)3-2-6-19/h4-5,7,11,13,19-20H,2-3,6,8-9H2,1H3. The van der Waals surface area contributed by atoms with Crippen LogP contribution in [0.15, 0.2) is 18.2 Å². The van der Waals surface area contributed by atoms with Crippen molar-refractivity contribution < 1.29 is 24.5 Å². The van der Waals surface area contributed by atoms with Gasteiger partial charge in [0.05, 0.1) is 23.4 Å². The van der Waals surface area contributed by atoms with Gasteiger partial charge in [-0.15, -0.1) is 11.3 Å². The molecular formula is C16H20N2O5S. The number of cyclic esters (lactones) is 1. The lowest BCUT2D eigenvalue weighted by molar-refractivity contribution is 0.0718. The first-order valence-corrected chi connectivity index (χ1v) is 8.60. The van der Waals surface area contributed by atoms with E-state index in [1.165, 1.54) is 11.3 Å². The summed E-state index contributed by atoms with van der Waals surface area (Å²) in [5.41, 5.74) is 1.52. The second-order valence-corrected chi connectivity index (χ2v) is 6.72. The number of hydrogen-bond donors (Lipinski definition) is 2. The first-order valence-electron chi connectivity index (χ1n) is 7.79. The topological polar surface area (TPSA) is 92.1 Å². The van der Waals surface area contributed by atoms with Gasteiger partial charge in [0.1, 0.15) is 17.2 Å². The quantitative estimate of drug-likeness (QED) is 0.793.